The summed E-state index contributed by atoms with van der Waals surface area (Å²) in [5.41, 5.74) is 1.38. The van der Waals surface area contributed by atoms with Gasteiger partial charge in [-0.1, -0.05) is 5.21 Å². The summed E-state index contributed by atoms with van der Waals surface area (Å²) in [5, 5.41) is 7.76. The number of aryl methyl sites for hydroxylation is 2. The maximum atomic E-state index is 12.5. The van der Waals surface area contributed by atoms with E-state index in [0.717, 1.165) is 43.6 Å². The third-order valence-corrected chi connectivity index (χ3v) is 4.93. The predicted octanol–water partition coefficient (Wildman–Crippen LogP) is 0.476. The first-order chi connectivity index (χ1) is 12.6. The molecule has 9 heteroatoms. The van der Waals surface area contributed by atoms with Gasteiger partial charge in [-0.3, -0.25) is 9.48 Å². The minimum absolute atomic E-state index is 0.0608. The SMILES string of the molecule is Cc1cc(N2CCN(C(=O)c3cn(C)nn3)CC2)nc(N2CCCC2)n1. The number of hydrogen-bond acceptors (Lipinski definition) is 7. The molecule has 0 N–H and O–H groups in total. The Morgan fingerprint density at radius 1 is 1.00 bits per heavy atom. The topological polar surface area (TPSA) is 83.3 Å². The highest BCUT2D eigenvalue weighted by molar-refractivity contribution is 5.92. The molecule has 1 amide bonds. The number of hydrogen-bond donors (Lipinski definition) is 0. The Morgan fingerprint density at radius 2 is 1.73 bits per heavy atom. The van der Waals surface area contributed by atoms with E-state index in [-0.39, 0.29) is 5.91 Å². The smallest absolute Gasteiger partial charge is 0.276 e. The van der Waals surface area contributed by atoms with E-state index in [1.54, 1.807) is 17.9 Å². The highest BCUT2D eigenvalue weighted by atomic mass is 16.2. The van der Waals surface area contributed by atoms with E-state index in [4.69, 9.17) is 4.98 Å². The normalized spacial score (nSPS) is 17.8. The molecule has 2 aromatic rings. The van der Waals surface area contributed by atoms with Crippen molar-refractivity contribution >= 4 is 17.7 Å². The van der Waals surface area contributed by atoms with Gasteiger partial charge in [-0.15, -0.1) is 5.10 Å². The Kier molecular flexibility index (Phi) is 4.44. The number of carbonyl (C=O) groups is 1. The molecule has 138 valence electrons. The second-order valence-corrected chi connectivity index (χ2v) is 6.92. The maximum absolute atomic E-state index is 12.5. The molecule has 2 fully saturated rings. The van der Waals surface area contributed by atoms with Gasteiger partial charge in [0.1, 0.15) is 5.82 Å². The number of piperazine rings is 1. The van der Waals surface area contributed by atoms with Crippen molar-refractivity contribution < 1.29 is 4.79 Å². The van der Waals surface area contributed by atoms with Crippen molar-refractivity contribution in [1.29, 1.82) is 0 Å². The Morgan fingerprint density at radius 3 is 2.38 bits per heavy atom. The van der Waals surface area contributed by atoms with Crippen LogP contribution in [0.15, 0.2) is 12.3 Å². The second kappa shape index (κ2) is 6.89. The van der Waals surface area contributed by atoms with Crippen molar-refractivity contribution in [3.63, 3.8) is 0 Å². The molecule has 0 bridgehead atoms. The number of rotatable bonds is 3. The van der Waals surface area contributed by atoms with Crippen molar-refractivity contribution in [1.82, 2.24) is 29.9 Å². The summed E-state index contributed by atoms with van der Waals surface area (Å²) in [6.07, 6.45) is 4.07. The van der Waals surface area contributed by atoms with Crippen LogP contribution in [0.4, 0.5) is 11.8 Å². The Hall–Kier alpha value is -2.71. The zero-order chi connectivity index (χ0) is 18.1. The van der Waals surface area contributed by atoms with Crippen LogP contribution in [-0.2, 0) is 7.05 Å². The van der Waals surface area contributed by atoms with Crippen LogP contribution in [0, 0.1) is 6.92 Å². The minimum Gasteiger partial charge on any atom is -0.353 e. The van der Waals surface area contributed by atoms with Crippen LogP contribution in [0.1, 0.15) is 29.0 Å². The fourth-order valence-corrected chi connectivity index (χ4v) is 3.50. The maximum Gasteiger partial charge on any atom is 0.276 e. The molecular weight excluding hydrogens is 332 g/mol. The van der Waals surface area contributed by atoms with E-state index < -0.39 is 0 Å². The van der Waals surface area contributed by atoms with Crippen molar-refractivity contribution in [2.75, 3.05) is 49.1 Å². The molecule has 0 unspecified atom stereocenters. The van der Waals surface area contributed by atoms with E-state index in [1.165, 1.54) is 12.8 Å². The summed E-state index contributed by atoms with van der Waals surface area (Å²) < 4.78 is 1.55. The molecule has 26 heavy (non-hydrogen) atoms. The lowest BCUT2D eigenvalue weighted by Gasteiger charge is -2.35. The predicted molar refractivity (Wildman–Crippen MR) is 97.3 cm³/mol. The summed E-state index contributed by atoms with van der Waals surface area (Å²) in [5.74, 6) is 1.72. The molecule has 2 aromatic heterocycles. The third kappa shape index (κ3) is 3.33. The van der Waals surface area contributed by atoms with E-state index >= 15 is 0 Å². The third-order valence-electron chi connectivity index (χ3n) is 4.93. The van der Waals surface area contributed by atoms with Gasteiger partial charge in [0.2, 0.25) is 5.95 Å². The van der Waals surface area contributed by atoms with E-state index in [9.17, 15) is 4.79 Å². The molecule has 0 aromatic carbocycles. The fourth-order valence-electron chi connectivity index (χ4n) is 3.50. The lowest BCUT2D eigenvalue weighted by atomic mass is 10.2. The molecule has 0 spiro atoms. The van der Waals surface area contributed by atoms with Gasteiger partial charge in [-0.2, -0.15) is 4.98 Å². The lowest BCUT2D eigenvalue weighted by Crippen LogP contribution is -2.49. The van der Waals surface area contributed by atoms with Crippen molar-refractivity contribution in [2.24, 2.45) is 7.05 Å². The molecule has 0 saturated carbocycles. The first kappa shape index (κ1) is 16.7. The van der Waals surface area contributed by atoms with Crippen LogP contribution >= 0.6 is 0 Å². The number of aromatic nitrogens is 5. The second-order valence-electron chi connectivity index (χ2n) is 6.92. The molecule has 2 aliphatic heterocycles. The van der Waals surface area contributed by atoms with E-state index in [1.807, 2.05) is 17.9 Å². The van der Waals surface area contributed by atoms with Gasteiger partial charge in [0.15, 0.2) is 5.69 Å². The summed E-state index contributed by atoms with van der Waals surface area (Å²) in [6.45, 7) is 6.88. The number of carbonyl (C=O) groups excluding carboxylic acids is 1. The highest BCUT2D eigenvalue weighted by Gasteiger charge is 2.25. The highest BCUT2D eigenvalue weighted by Crippen LogP contribution is 2.22. The number of amides is 1. The monoisotopic (exact) mass is 356 g/mol. The van der Waals surface area contributed by atoms with Crippen LogP contribution in [-0.4, -0.2) is 75.0 Å². The number of anilines is 2. The summed E-state index contributed by atoms with van der Waals surface area (Å²) >= 11 is 0. The van der Waals surface area contributed by atoms with Crippen LogP contribution in [0.2, 0.25) is 0 Å². The van der Waals surface area contributed by atoms with E-state index in [2.05, 4.69) is 25.1 Å². The molecule has 0 radical (unpaired) electrons. The average Bonchev–Trinajstić information content (AvgIpc) is 3.32. The first-order valence-electron chi connectivity index (χ1n) is 9.11. The fraction of sp³-hybridized carbons (Fsp3) is 0.588. The van der Waals surface area contributed by atoms with Crippen molar-refractivity contribution in [2.45, 2.75) is 19.8 Å². The molecule has 2 aliphatic rings. The molecule has 9 nitrogen and oxygen atoms in total. The van der Waals surface area contributed by atoms with Crippen molar-refractivity contribution in [3.8, 4) is 0 Å². The van der Waals surface area contributed by atoms with Gasteiger partial charge in [0.05, 0.1) is 6.20 Å². The molecule has 4 rings (SSSR count). The van der Waals surface area contributed by atoms with Gasteiger partial charge in [-0.25, -0.2) is 4.98 Å². The molecule has 0 aliphatic carbocycles. The van der Waals surface area contributed by atoms with Gasteiger partial charge in [0.25, 0.3) is 5.91 Å². The van der Waals surface area contributed by atoms with E-state index in [0.29, 0.717) is 18.8 Å². The zero-order valence-corrected chi connectivity index (χ0v) is 15.3. The lowest BCUT2D eigenvalue weighted by molar-refractivity contribution is 0.0740. The van der Waals surface area contributed by atoms with Gasteiger partial charge in [0, 0.05) is 58.1 Å². The van der Waals surface area contributed by atoms with Crippen LogP contribution in [0.25, 0.3) is 0 Å². The Labute approximate surface area is 152 Å². The molecule has 2 saturated heterocycles. The molecular formula is C17H24N8O. The minimum atomic E-state index is -0.0608. The van der Waals surface area contributed by atoms with Crippen LogP contribution < -0.4 is 9.80 Å². The molecule has 4 heterocycles. The summed E-state index contributed by atoms with van der Waals surface area (Å²) in [7, 11) is 1.76. The first-order valence-corrected chi connectivity index (χ1v) is 9.11. The van der Waals surface area contributed by atoms with Gasteiger partial charge < -0.3 is 14.7 Å². The van der Waals surface area contributed by atoms with Crippen molar-refractivity contribution in [3.05, 3.63) is 23.7 Å². The summed E-state index contributed by atoms with van der Waals surface area (Å²) in [6, 6.07) is 2.03. The molecule has 0 atom stereocenters. The van der Waals surface area contributed by atoms with Gasteiger partial charge in [-0.05, 0) is 19.8 Å². The quantitative estimate of drug-likeness (QED) is 0.791. The summed E-state index contributed by atoms with van der Waals surface area (Å²) in [4.78, 5) is 28.2. The number of nitrogens with zero attached hydrogens (tertiary/aromatic N) is 8. The van der Waals surface area contributed by atoms with Gasteiger partial charge >= 0.3 is 0 Å². The van der Waals surface area contributed by atoms with Crippen LogP contribution in [0.3, 0.4) is 0 Å². The Balaban J connectivity index is 1.43. The van der Waals surface area contributed by atoms with Crippen LogP contribution in [0.5, 0.6) is 0 Å². The average molecular weight is 356 g/mol. The Bertz CT molecular complexity index is 790. The zero-order valence-electron chi connectivity index (χ0n) is 15.3. The standard InChI is InChI=1S/C17H24N8O/c1-13-11-15(19-17(18-13)25-5-3-4-6-25)23-7-9-24(10-8-23)16(26)14-12-22(2)21-20-14/h11-12H,3-10H2,1-2H3. The largest absolute Gasteiger partial charge is 0.353 e.